The second kappa shape index (κ2) is 15.5. The Morgan fingerprint density at radius 2 is 0.792 bits per heavy atom. The number of nitro groups is 3. The fourth-order valence-electron chi connectivity index (χ4n) is 4.54. The lowest BCUT2D eigenvalue weighted by Gasteiger charge is -2.26. The summed E-state index contributed by atoms with van der Waals surface area (Å²) < 4.78 is 152. The van der Waals surface area contributed by atoms with Crippen LogP contribution >= 0.6 is 42.6 Å². The van der Waals surface area contributed by atoms with Crippen molar-refractivity contribution in [1.29, 1.82) is 0 Å². The van der Waals surface area contributed by atoms with Gasteiger partial charge in [-0.05, 0) is 35.5 Å². The number of alkyl halides is 9. The topological polar surface area (TPSA) is 228 Å². The third-order valence-corrected chi connectivity index (χ3v) is 8.84. The van der Waals surface area contributed by atoms with Crippen LogP contribution in [0.3, 0.4) is 0 Å². The van der Waals surface area contributed by atoms with Gasteiger partial charge < -0.3 is 30.3 Å². The normalized spacial score (nSPS) is 14.7. The second-order valence-electron chi connectivity index (χ2n) is 10.4. The molecule has 3 rings (SSSR count). The molecule has 3 aromatic heterocycles. The summed E-state index contributed by atoms with van der Waals surface area (Å²) in [6, 6.07) is 0. The largest absolute Gasteiger partial charge is 0.475 e. The number of phosphoric acid groups is 1. The average molecular weight is 865 g/mol. The molecule has 3 heterocycles. The van der Waals surface area contributed by atoms with Crippen LogP contribution in [0.4, 0.5) is 57.0 Å². The second-order valence-corrected chi connectivity index (χ2v) is 13.0. The molecule has 3 aromatic rings. The molecule has 0 unspecified atom stereocenters. The molecule has 0 aliphatic heterocycles. The van der Waals surface area contributed by atoms with Gasteiger partial charge in [-0.15, -0.1) is 0 Å². The summed E-state index contributed by atoms with van der Waals surface area (Å²) in [6.07, 6.45) is -22.2. The van der Waals surface area contributed by atoms with Gasteiger partial charge >= 0.3 is 61.3 Å². The van der Waals surface area contributed by atoms with E-state index in [1.807, 2.05) is 0 Å². The maximum atomic E-state index is 14.0. The minimum Gasteiger partial charge on any atom is -0.358 e. The molecule has 32 heteroatoms. The minimum atomic E-state index is -5.62. The van der Waals surface area contributed by atoms with Gasteiger partial charge in [0.05, 0.1) is 0 Å². The first kappa shape index (κ1) is 43.6. The summed E-state index contributed by atoms with van der Waals surface area (Å²) in [5.74, 6) is -10.2. The van der Waals surface area contributed by atoms with Crippen molar-refractivity contribution >= 4 is 60.1 Å². The van der Waals surface area contributed by atoms with Crippen molar-refractivity contribution in [1.82, 2.24) is 28.7 Å². The Hall–Kier alpha value is -3.82. The van der Waals surface area contributed by atoms with Crippen molar-refractivity contribution in [2.24, 2.45) is 0 Å². The van der Waals surface area contributed by atoms with Gasteiger partial charge in [-0.1, -0.05) is 34.8 Å². The number of nitrogens with zero attached hydrogens (tertiary/aromatic N) is 9. The van der Waals surface area contributed by atoms with Crippen LogP contribution < -0.4 is 0 Å². The zero-order valence-electron chi connectivity index (χ0n) is 25.9. The summed E-state index contributed by atoms with van der Waals surface area (Å²) in [6.45, 7) is -1.49. The highest BCUT2D eigenvalue weighted by Gasteiger charge is 2.49. The van der Waals surface area contributed by atoms with Crippen molar-refractivity contribution in [2.45, 2.75) is 77.2 Å². The molecule has 0 amide bonds. The molecule has 0 saturated carbocycles. The Morgan fingerprint density at radius 1 is 0.585 bits per heavy atom. The van der Waals surface area contributed by atoms with Crippen LogP contribution in [-0.4, -0.2) is 61.7 Å². The molecule has 0 fully saturated rings. The molecule has 0 saturated heterocycles. The summed E-state index contributed by atoms with van der Waals surface area (Å²) in [4.78, 5) is 39.0. The number of phosphoric ester groups is 1. The monoisotopic (exact) mass is 863 g/mol. The molecule has 3 atom stereocenters. The van der Waals surface area contributed by atoms with E-state index in [0.29, 0.717) is 0 Å². The van der Waals surface area contributed by atoms with Crippen LogP contribution in [0.15, 0.2) is 0 Å². The molecule has 0 N–H and O–H groups in total. The van der Waals surface area contributed by atoms with E-state index in [2.05, 4.69) is 15.0 Å². The lowest BCUT2D eigenvalue weighted by molar-refractivity contribution is -0.392. The van der Waals surface area contributed by atoms with Crippen LogP contribution in [0.5, 0.6) is 0 Å². The van der Waals surface area contributed by atoms with E-state index in [1.165, 1.54) is 0 Å². The molecule has 0 aliphatic rings. The molecule has 0 bridgehead atoms. The Labute approximate surface area is 301 Å². The number of hydrogen-bond acceptors (Lipinski definition) is 13. The molecule has 53 heavy (non-hydrogen) atoms. The number of imidazole rings is 3. The predicted octanol–water partition coefficient (Wildman–Crippen LogP) is 7.74. The zero-order valence-corrected chi connectivity index (χ0v) is 29.1. The summed E-state index contributed by atoms with van der Waals surface area (Å²) in [5.41, 5.74) is 0. The van der Waals surface area contributed by atoms with Gasteiger partial charge in [-0.2, -0.15) is 68.2 Å². The first-order valence-electron chi connectivity index (χ1n) is 13.6. The zero-order chi connectivity index (χ0) is 40.8. The van der Waals surface area contributed by atoms with Gasteiger partial charge in [0.2, 0.25) is 15.5 Å². The molecule has 0 aromatic carbocycles. The van der Waals surface area contributed by atoms with Crippen molar-refractivity contribution in [3.63, 3.8) is 0 Å². The van der Waals surface area contributed by atoms with Crippen LogP contribution in [0.2, 0.25) is 15.5 Å². The first-order valence-corrected chi connectivity index (χ1v) is 16.2. The molecule has 296 valence electrons. The quantitative estimate of drug-likeness (QED) is 0.0617. The predicted molar refractivity (Wildman–Crippen MR) is 156 cm³/mol. The van der Waals surface area contributed by atoms with Crippen LogP contribution in [-0.2, 0) is 56.3 Å². The van der Waals surface area contributed by atoms with Gasteiger partial charge in [0.25, 0.3) is 0 Å². The lowest BCUT2D eigenvalue weighted by Crippen LogP contribution is -2.27. The third-order valence-electron chi connectivity index (χ3n) is 6.23. The fraction of sp³-hybridized carbons (Fsp3) is 0.571. The SMILES string of the molecule is C[C@@H](Cn1c(C(F)(F)F)nc(Cl)c1[N+](=O)[O-])OP(=O)(O[C@@H](C)Cn1c(C(F)(F)F)nc(Cl)c1[N+](=O)[O-])O[C@@H](C)Cn1c(C(F)(F)F)nc(Cl)c1[N+](=O)[O-]. The van der Waals surface area contributed by atoms with Crippen LogP contribution in [0.1, 0.15) is 38.2 Å². The molecule has 0 aliphatic carbocycles. The summed E-state index contributed by atoms with van der Waals surface area (Å²) in [5, 5.41) is 30.7. The highest BCUT2D eigenvalue weighted by molar-refractivity contribution is 7.48. The van der Waals surface area contributed by atoms with E-state index in [9.17, 15) is 74.4 Å². The van der Waals surface area contributed by atoms with Crippen LogP contribution in [0.25, 0.3) is 0 Å². The third kappa shape index (κ3) is 10.0. The smallest absolute Gasteiger partial charge is 0.358 e. The van der Waals surface area contributed by atoms with E-state index in [4.69, 9.17) is 48.4 Å². The van der Waals surface area contributed by atoms with Crippen LogP contribution in [0, 0.1) is 30.3 Å². The highest BCUT2D eigenvalue weighted by atomic mass is 35.5. The van der Waals surface area contributed by atoms with E-state index in [1.54, 1.807) is 0 Å². The number of halogens is 12. The molecule has 0 radical (unpaired) electrons. The summed E-state index contributed by atoms with van der Waals surface area (Å²) >= 11 is 16.5. The van der Waals surface area contributed by atoms with Crippen molar-refractivity contribution < 1.29 is 72.4 Å². The average Bonchev–Trinajstić information content (AvgIpc) is 3.57. The van der Waals surface area contributed by atoms with Crippen molar-refractivity contribution in [3.05, 3.63) is 63.3 Å². The highest BCUT2D eigenvalue weighted by Crippen LogP contribution is 2.54. The molecular formula is C21H18Cl3F9N9O10P. The Bertz CT molecular complexity index is 1740. The van der Waals surface area contributed by atoms with Gasteiger partial charge in [0.1, 0.15) is 37.9 Å². The number of aromatic nitrogens is 6. The standard InChI is InChI=1S/C21H18Cl3F9N9O10P/c1-7(4-37-13(40(43)44)10(22)34-16(37)19(25,26)27)50-53(49,51-8(2)5-38-14(41(45)46)11(23)35-17(38)20(28,29)30)52-9(3)6-39-15(42(47)48)12(24)36-18(39)21(31,32)33/h7-9H,4-6H2,1-3H3/t7-,8-,9-/m0/s1. The van der Waals surface area contributed by atoms with Gasteiger partial charge in [-0.3, -0.25) is 13.6 Å². The first-order chi connectivity index (χ1) is 24.0. The van der Waals surface area contributed by atoms with E-state index >= 15 is 0 Å². The molecule has 19 nitrogen and oxygen atoms in total. The van der Waals surface area contributed by atoms with Gasteiger partial charge in [-0.25, -0.2) is 4.57 Å². The fourth-order valence-corrected chi connectivity index (χ4v) is 6.97. The van der Waals surface area contributed by atoms with E-state index in [-0.39, 0.29) is 13.7 Å². The maximum absolute atomic E-state index is 14.0. The Kier molecular flexibility index (Phi) is 12.7. The van der Waals surface area contributed by atoms with Crippen molar-refractivity contribution in [2.75, 3.05) is 0 Å². The van der Waals surface area contributed by atoms with Crippen molar-refractivity contribution in [3.8, 4) is 0 Å². The summed E-state index contributed by atoms with van der Waals surface area (Å²) in [7, 11) is -5.62. The maximum Gasteiger partial charge on any atom is 0.475 e. The van der Waals surface area contributed by atoms with E-state index < -0.39 is 129 Å². The Morgan fingerprint density at radius 3 is 0.962 bits per heavy atom. The molecular weight excluding hydrogens is 847 g/mol. The minimum absolute atomic E-state index is 0.136. The van der Waals surface area contributed by atoms with Gasteiger partial charge in [0, 0.05) is 0 Å². The number of rotatable bonds is 15. The van der Waals surface area contributed by atoms with Gasteiger partial charge in [0.15, 0.2) is 0 Å². The Balaban J connectivity index is 2.08. The van der Waals surface area contributed by atoms with E-state index in [0.717, 1.165) is 20.8 Å². The molecule has 0 spiro atoms. The lowest BCUT2D eigenvalue weighted by atomic mass is 10.4. The number of hydrogen-bond donors (Lipinski definition) is 0.